The Balaban J connectivity index is 1.45. The molecule has 6 aromatic rings. The molecule has 0 radical (unpaired) electrons. The van der Waals surface area contributed by atoms with Gasteiger partial charge in [0.05, 0.1) is 5.57 Å². The number of carbonyl (C=O) groups is 3. The maximum atomic E-state index is 14.8. The predicted octanol–water partition coefficient (Wildman–Crippen LogP) is 5.03. The predicted molar refractivity (Wildman–Crippen MR) is 152 cm³/mol. The molecule has 5 N–H and O–H groups in total. The fourth-order valence-corrected chi connectivity index (χ4v) is 6.31. The van der Waals surface area contributed by atoms with Gasteiger partial charge in [-0.3, -0.25) is 14.4 Å². The fourth-order valence-electron chi connectivity index (χ4n) is 6.31. The number of aliphatic hydroxyl groups is 1. The molecule has 192 valence electrons. The molecule has 8 rings (SSSR count). The van der Waals surface area contributed by atoms with Crippen LogP contribution < -0.4 is 5.32 Å². The summed E-state index contributed by atoms with van der Waals surface area (Å²) in [4.78, 5) is 52.2. The van der Waals surface area contributed by atoms with Crippen molar-refractivity contribution in [2.45, 2.75) is 5.54 Å². The van der Waals surface area contributed by atoms with Gasteiger partial charge in [-0.15, -0.1) is 0 Å². The van der Waals surface area contributed by atoms with Gasteiger partial charge in [-0.05, 0) is 18.2 Å². The zero-order valence-corrected chi connectivity index (χ0v) is 20.8. The average Bonchev–Trinajstić information content (AvgIpc) is 3.78. The summed E-state index contributed by atoms with van der Waals surface area (Å²) in [6.07, 6.45) is 5.05. The van der Waals surface area contributed by atoms with E-state index >= 15 is 0 Å². The third-order valence-electron chi connectivity index (χ3n) is 8.09. The van der Waals surface area contributed by atoms with Crippen molar-refractivity contribution in [1.29, 1.82) is 0 Å². The van der Waals surface area contributed by atoms with Crippen LogP contribution in [0.1, 0.15) is 16.7 Å². The molecule has 4 heterocycles. The molecule has 3 aromatic carbocycles. The number of rotatable bonds is 3. The van der Waals surface area contributed by atoms with E-state index in [1.165, 1.54) is 0 Å². The first kappa shape index (κ1) is 22.4. The first-order chi connectivity index (χ1) is 19.5. The highest BCUT2D eigenvalue weighted by molar-refractivity contribution is 6.62. The number of hydrogen-bond donors (Lipinski definition) is 5. The Bertz CT molecular complexity index is 2070. The van der Waals surface area contributed by atoms with Crippen LogP contribution in [-0.4, -0.2) is 43.1 Å². The zero-order valence-electron chi connectivity index (χ0n) is 20.8. The highest BCUT2D eigenvalue weighted by Gasteiger charge is 2.63. The number of hydrogen-bond acceptors (Lipinski definition) is 4. The Morgan fingerprint density at radius 3 is 1.43 bits per heavy atom. The molecule has 1 amide bonds. The van der Waals surface area contributed by atoms with Crippen LogP contribution in [0.2, 0.25) is 0 Å². The van der Waals surface area contributed by atoms with Gasteiger partial charge in [-0.25, -0.2) is 0 Å². The van der Waals surface area contributed by atoms with Crippen molar-refractivity contribution in [3.8, 4) is 0 Å². The van der Waals surface area contributed by atoms with Crippen molar-refractivity contribution in [3.05, 3.63) is 114 Å². The summed E-state index contributed by atoms with van der Waals surface area (Å²) in [7, 11) is 0. The molecule has 8 heteroatoms. The van der Waals surface area contributed by atoms with Crippen molar-refractivity contribution < 1.29 is 19.5 Å². The molecule has 40 heavy (non-hydrogen) atoms. The van der Waals surface area contributed by atoms with E-state index in [0.29, 0.717) is 22.1 Å². The number of fused-ring (bicyclic) bond motifs is 3. The minimum absolute atomic E-state index is 0.0443. The second-order valence-electron chi connectivity index (χ2n) is 10.1. The van der Waals surface area contributed by atoms with E-state index in [0.717, 1.165) is 27.3 Å². The topological polar surface area (TPSA) is 131 Å². The van der Waals surface area contributed by atoms with Crippen molar-refractivity contribution in [2.75, 3.05) is 0 Å². The number of ketones is 2. The first-order valence-electron chi connectivity index (χ1n) is 12.8. The Labute approximate surface area is 226 Å². The molecule has 1 aliphatic carbocycles. The number of amides is 1. The molecular weight excluding hydrogens is 504 g/mol. The van der Waals surface area contributed by atoms with Crippen LogP contribution in [-0.2, 0) is 14.4 Å². The number of carbonyl (C=O) groups excluding carboxylic acids is 3. The highest BCUT2D eigenvalue weighted by atomic mass is 16.3. The molecule has 0 saturated carbocycles. The van der Waals surface area contributed by atoms with Crippen molar-refractivity contribution in [3.63, 3.8) is 0 Å². The lowest BCUT2D eigenvalue weighted by Crippen LogP contribution is -2.54. The molecule has 1 spiro atoms. The molecule has 0 unspecified atom stereocenters. The van der Waals surface area contributed by atoms with E-state index in [-0.39, 0.29) is 16.7 Å². The highest BCUT2D eigenvalue weighted by Crippen LogP contribution is 2.51. The van der Waals surface area contributed by atoms with Crippen LogP contribution in [0.3, 0.4) is 0 Å². The van der Waals surface area contributed by atoms with Crippen LogP contribution in [0.4, 0.5) is 0 Å². The van der Waals surface area contributed by atoms with E-state index < -0.39 is 28.8 Å². The summed E-state index contributed by atoms with van der Waals surface area (Å²) in [6, 6.07) is 22.4. The van der Waals surface area contributed by atoms with Gasteiger partial charge < -0.3 is 25.4 Å². The molecule has 8 nitrogen and oxygen atoms in total. The Hall–Kier alpha value is -5.63. The number of aromatic nitrogens is 3. The van der Waals surface area contributed by atoms with Crippen LogP contribution in [0.15, 0.2) is 97.1 Å². The van der Waals surface area contributed by atoms with Crippen LogP contribution in [0.5, 0.6) is 0 Å². The zero-order chi connectivity index (χ0) is 27.2. The Morgan fingerprint density at radius 1 is 0.550 bits per heavy atom. The lowest BCUT2D eigenvalue weighted by atomic mass is 9.80. The molecular formula is C32H20N4O4. The Kier molecular flexibility index (Phi) is 4.31. The molecule has 0 atom stereocenters. The number of para-hydroxylation sites is 3. The second kappa shape index (κ2) is 7.70. The fraction of sp³-hybridized carbons (Fsp3) is 0.0312. The first-order valence-corrected chi connectivity index (χ1v) is 12.8. The lowest BCUT2D eigenvalue weighted by Gasteiger charge is -2.24. The van der Waals surface area contributed by atoms with Crippen LogP contribution >= 0.6 is 0 Å². The second-order valence-corrected chi connectivity index (χ2v) is 10.1. The van der Waals surface area contributed by atoms with E-state index in [9.17, 15) is 19.5 Å². The molecule has 3 aromatic heterocycles. The summed E-state index contributed by atoms with van der Waals surface area (Å²) in [5, 5.41) is 16.0. The molecule has 2 aliphatic rings. The smallest absolute Gasteiger partial charge is 0.287 e. The minimum Gasteiger partial charge on any atom is -0.503 e. The molecule has 1 aliphatic heterocycles. The van der Waals surface area contributed by atoms with Gasteiger partial charge in [-0.1, -0.05) is 54.6 Å². The number of H-pyrrole nitrogens is 3. The van der Waals surface area contributed by atoms with Gasteiger partial charge in [0.2, 0.25) is 11.6 Å². The number of Topliss-reactive ketones (excluding diaryl/α,β-unsaturated/α-hetero) is 2. The summed E-state index contributed by atoms with van der Waals surface area (Å²) >= 11 is 0. The third-order valence-corrected chi connectivity index (χ3v) is 8.09. The van der Waals surface area contributed by atoms with E-state index in [2.05, 4.69) is 20.3 Å². The lowest BCUT2D eigenvalue weighted by molar-refractivity contribution is -0.130. The monoisotopic (exact) mass is 524 g/mol. The molecule has 0 saturated heterocycles. The van der Waals surface area contributed by atoms with Gasteiger partial charge >= 0.3 is 0 Å². The normalized spacial score (nSPS) is 16.9. The van der Waals surface area contributed by atoms with Crippen LogP contribution in [0, 0.1) is 0 Å². The summed E-state index contributed by atoms with van der Waals surface area (Å²) in [6.45, 7) is 0. The van der Waals surface area contributed by atoms with Crippen molar-refractivity contribution in [1.82, 2.24) is 20.3 Å². The SMILES string of the molecule is O=C1NC2(C(=O)C(c3c[nH]c4ccccc34)=C(c3c[nH]c4ccccc34)C2=O)C(c2c[nH]c3ccccc23)=C1O. The van der Waals surface area contributed by atoms with Gasteiger partial charge in [0.25, 0.3) is 5.91 Å². The third kappa shape index (κ3) is 2.66. The van der Waals surface area contributed by atoms with Gasteiger partial charge in [0.15, 0.2) is 11.3 Å². The number of aliphatic hydroxyl groups excluding tert-OH is 1. The molecule has 0 fully saturated rings. The number of benzene rings is 3. The van der Waals surface area contributed by atoms with Gasteiger partial charge in [0, 0.05) is 79.1 Å². The summed E-state index contributed by atoms with van der Waals surface area (Å²) in [5.41, 5.74) is 2.03. The largest absolute Gasteiger partial charge is 0.503 e. The van der Waals surface area contributed by atoms with E-state index in [1.54, 1.807) is 18.6 Å². The average molecular weight is 525 g/mol. The van der Waals surface area contributed by atoms with Crippen LogP contribution in [0.25, 0.3) is 49.4 Å². The molecule has 0 bridgehead atoms. The maximum absolute atomic E-state index is 14.8. The van der Waals surface area contributed by atoms with Gasteiger partial charge in [0.1, 0.15) is 0 Å². The standard InChI is InChI=1S/C32H20N4O4/c37-28-27(21-15-35-24-12-6-3-9-18(21)24)32(36-31(28)40)29(38)25(19-13-33-22-10-4-1-7-16(19)22)26(30(32)39)20-14-34-23-11-5-2-8-17(20)23/h1-15,33-35,37H,(H,36,40). The maximum Gasteiger partial charge on any atom is 0.287 e. The summed E-state index contributed by atoms with van der Waals surface area (Å²) < 4.78 is 0. The van der Waals surface area contributed by atoms with E-state index in [4.69, 9.17) is 0 Å². The summed E-state index contributed by atoms with van der Waals surface area (Å²) in [5.74, 6) is -2.72. The van der Waals surface area contributed by atoms with Gasteiger partial charge in [-0.2, -0.15) is 0 Å². The quantitative estimate of drug-likeness (QED) is 0.208. The minimum atomic E-state index is -2.13. The van der Waals surface area contributed by atoms with E-state index in [1.807, 2.05) is 72.8 Å². The number of nitrogens with one attached hydrogen (secondary N) is 4. The van der Waals surface area contributed by atoms with Crippen molar-refractivity contribution >= 4 is 66.9 Å². The number of aromatic amines is 3. The van der Waals surface area contributed by atoms with Crippen molar-refractivity contribution in [2.24, 2.45) is 0 Å². The Morgan fingerprint density at radius 2 is 0.950 bits per heavy atom.